The van der Waals surface area contributed by atoms with Crippen molar-refractivity contribution in [2.45, 2.75) is 19.8 Å². The zero-order valence-electron chi connectivity index (χ0n) is 10.8. The first-order valence-electron chi connectivity index (χ1n) is 6.34. The Morgan fingerprint density at radius 2 is 1.82 bits per heavy atom. The Hall–Kier alpha value is -1.28. The fourth-order valence-electron chi connectivity index (χ4n) is 1.82. The molecule has 0 radical (unpaired) electrons. The molecule has 0 atom stereocenters. The van der Waals surface area contributed by atoms with E-state index >= 15 is 0 Å². The second-order valence-electron chi connectivity index (χ2n) is 4.12. The molecule has 0 aromatic heterocycles. The Morgan fingerprint density at radius 1 is 1.24 bits per heavy atom. The van der Waals surface area contributed by atoms with Gasteiger partial charge in [-0.15, -0.1) is 6.58 Å². The van der Waals surface area contributed by atoms with Crippen LogP contribution in [0.25, 0.3) is 0 Å². The second-order valence-corrected chi connectivity index (χ2v) is 4.12. The van der Waals surface area contributed by atoms with Gasteiger partial charge in [0.1, 0.15) is 12.4 Å². The summed E-state index contributed by atoms with van der Waals surface area (Å²) in [5, 5.41) is 0. The number of nitrogens with zero attached hydrogens (tertiary/aromatic N) is 1. The van der Waals surface area contributed by atoms with E-state index in [-0.39, 0.29) is 0 Å². The highest BCUT2D eigenvalue weighted by Crippen LogP contribution is 2.09. The molecule has 1 saturated heterocycles. The van der Waals surface area contributed by atoms with Gasteiger partial charge in [-0.05, 0) is 45.0 Å². The third kappa shape index (κ3) is 6.12. The van der Waals surface area contributed by atoms with Gasteiger partial charge in [0.25, 0.3) is 0 Å². The lowest BCUT2D eigenvalue weighted by Crippen LogP contribution is -2.25. The highest BCUT2D eigenvalue weighted by molar-refractivity contribution is 5.20. The van der Waals surface area contributed by atoms with Gasteiger partial charge in [0.15, 0.2) is 0 Å². The maximum Gasteiger partial charge on any atom is 0.119 e. The second kappa shape index (κ2) is 8.82. The lowest BCUT2D eigenvalue weighted by Gasteiger charge is -2.14. The van der Waals surface area contributed by atoms with E-state index in [1.807, 2.05) is 37.3 Å². The molecule has 0 unspecified atom stereocenters. The summed E-state index contributed by atoms with van der Waals surface area (Å²) in [5.74, 6) is 0.978. The predicted octanol–water partition coefficient (Wildman–Crippen LogP) is 3.35. The van der Waals surface area contributed by atoms with Crippen LogP contribution in [0.3, 0.4) is 0 Å². The average Bonchev–Trinajstić information content (AvgIpc) is 2.85. The van der Waals surface area contributed by atoms with E-state index < -0.39 is 0 Å². The molecule has 17 heavy (non-hydrogen) atoms. The fraction of sp³-hybridized carbons (Fsp3) is 0.467. The summed E-state index contributed by atoms with van der Waals surface area (Å²) >= 11 is 0. The van der Waals surface area contributed by atoms with Gasteiger partial charge in [-0.1, -0.05) is 24.3 Å². The predicted molar refractivity (Wildman–Crippen MR) is 73.5 cm³/mol. The van der Waals surface area contributed by atoms with E-state index in [9.17, 15) is 0 Å². The molecule has 2 rings (SSSR count). The maximum atomic E-state index is 5.63. The molecule has 94 valence electrons. The Morgan fingerprint density at radius 3 is 2.41 bits per heavy atom. The zero-order chi connectivity index (χ0) is 12.3. The minimum Gasteiger partial charge on any atom is -0.492 e. The number of para-hydroxylation sites is 1. The van der Waals surface area contributed by atoms with Crippen molar-refractivity contribution in [1.82, 2.24) is 4.90 Å². The van der Waals surface area contributed by atoms with E-state index in [0.29, 0.717) is 0 Å². The lowest BCUT2D eigenvalue weighted by atomic mass is 10.3. The molecule has 1 aliphatic heterocycles. The van der Waals surface area contributed by atoms with Gasteiger partial charge in [0, 0.05) is 6.54 Å². The Labute approximate surface area is 105 Å². The van der Waals surface area contributed by atoms with Crippen LogP contribution in [0.5, 0.6) is 5.75 Å². The number of benzene rings is 1. The average molecular weight is 233 g/mol. The molecule has 0 saturated carbocycles. The first kappa shape index (κ1) is 13.8. The van der Waals surface area contributed by atoms with Gasteiger partial charge >= 0.3 is 0 Å². The van der Waals surface area contributed by atoms with Gasteiger partial charge < -0.3 is 4.74 Å². The SMILES string of the molecule is C=CC.c1ccc(OCCN2CCCC2)cc1. The molecule has 1 aromatic carbocycles. The Bertz CT molecular complexity index is 291. The van der Waals surface area contributed by atoms with Gasteiger partial charge in [-0.25, -0.2) is 0 Å². The van der Waals surface area contributed by atoms with E-state index in [0.717, 1.165) is 18.9 Å². The number of hydrogen-bond donors (Lipinski definition) is 0. The van der Waals surface area contributed by atoms with Crippen LogP contribution in [0.2, 0.25) is 0 Å². The summed E-state index contributed by atoms with van der Waals surface area (Å²) < 4.78 is 5.63. The van der Waals surface area contributed by atoms with E-state index in [4.69, 9.17) is 4.74 Å². The van der Waals surface area contributed by atoms with Crippen LogP contribution >= 0.6 is 0 Å². The molecule has 1 aliphatic rings. The topological polar surface area (TPSA) is 12.5 Å². The highest BCUT2D eigenvalue weighted by Gasteiger charge is 2.10. The minimum atomic E-state index is 0.810. The van der Waals surface area contributed by atoms with Crippen molar-refractivity contribution in [3.8, 4) is 5.75 Å². The van der Waals surface area contributed by atoms with Crippen molar-refractivity contribution in [3.63, 3.8) is 0 Å². The number of allylic oxidation sites excluding steroid dienone is 1. The maximum absolute atomic E-state index is 5.63. The summed E-state index contributed by atoms with van der Waals surface area (Å²) in [6.45, 7) is 9.62. The van der Waals surface area contributed by atoms with Gasteiger partial charge in [0.05, 0.1) is 0 Å². The zero-order valence-corrected chi connectivity index (χ0v) is 10.8. The molecule has 2 heteroatoms. The largest absolute Gasteiger partial charge is 0.492 e. The number of ether oxygens (including phenoxy) is 1. The lowest BCUT2D eigenvalue weighted by molar-refractivity contribution is 0.238. The summed E-state index contributed by atoms with van der Waals surface area (Å²) in [7, 11) is 0. The summed E-state index contributed by atoms with van der Waals surface area (Å²) in [4.78, 5) is 2.46. The van der Waals surface area contributed by atoms with Crippen LogP contribution in [0, 0.1) is 0 Å². The molecular weight excluding hydrogens is 210 g/mol. The van der Waals surface area contributed by atoms with Crippen molar-refractivity contribution in [1.29, 1.82) is 0 Å². The van der Waals surface area contributed by atoms with Crippen LogP contribution < -0.4 is 4.74 Å². The molecule has 1 fully saturated rings. The van der Waals surface area contributed by atoms with Gasteiger partial charge in [-0.3, -0.25) is 4.90 Å². The van der Waals surface area contributed by atoms with Crippen LogP contribution in [-0.2, 0) is 0 Å². The van der Waals surface area contributed by atoms with E-state index in [1.165, 1.54) is 25.9 Å². The van der Waals surface area contributed by atoms with Crippen LogP contribution in [0.1, 0.15) is 19.8 Å². The Balaban J connectivity index is 0.000000437. The standard InChI is InChI=1S/C12H17NO.C3H6/c1-2-6-12(7-3-1)14-11-10-13-8-4-5-9-13;1-3-2/h1-3,6-7H,4-5,8-11H2;3H,1H2,2H3. The molecule has 1 aromatic rings. The molecule has 0 spiro atoms. The minimum absolute atomic E-state index is 0.810. The molecule has 2 nitrogen and oxygen atoms in total. The smallest absolute Gasteiger partial charge is 0.119 e. The van der Waals surface area contributed by atoms with E-state index in [2.05, 4.69) is 11.5 Å². The fourth-order valence-corrected chi connectivity index (χ4v) is 1.82. The van der Waals surface area contributed by atoms with Crippen molar-refractivity contribution in [3.05, 3.63) is 43.0 Å². The molecule has 0 amide bonds. The van der Waals surface area contributed by atoms with Crippen molar-refractivity contribution < 1.29 is 4.74 Å². The summed E-state index contributed by atoms with van der Waals surface area (Å²) in [6, 6.07) is 10.0. The van der Waals surface area contributed by atoms with Crippen LogP contribution in [0.15, 0.2) is 43.0 Å². The molecule has 0 N–H and O–H groups in total. The van der Waals surface area contributed by atoms with Crippen molar-refractivity contribution in [2.75, 3.05) is 26.2 Å². The van der Waals surface area contributed by atoms with E-state index in [1.54, 1.807) is 6.08 Å². The third-order valence-corrected chi connectivity index (χ3v) is 2.62. The Kier molecular flexibility index (Phi) is 7.15. The highest BCUT2D eigenvalue weighted by atomic mass is 16.5. The van der Waals surface area contributed by atoms with Gasteiger partial charge in [0.2, 0.25) is 0 Å². The summed E-state index contributed by atoms with van der Waals surface area (Å²) in [5.41, 5.74) is 0. The first-order chi connectivity index (χ1) is 8.36. The van der Waals surface area contributed by atoms with Gasteiger partial charge in [-0.2, -0.15) is 0 Å². The first-order valence-corrected chi connectivity index (χ1v) is 6.34. The quantitative estimate of drug-likeness (QED) is 0.739. The molecule has 0 aliphatic carbocycles. The number of rotatable bonds is 4. The molecular formula is C15H23NO. The molecule has 1 heterocycles. The van der Waals surface area contributed by atoms with Crippen LogP contribution in [-0.4, -0.2) is 31.1 Å². The third-order valence-electron chi connectivity index (χ3n) is 2.62. The molecule has 0 bridgehead atoms. The monoisotopic (exact) mass is 233 g/mol. The van der Waals surface area contributed by atoms with Crippen molar-refractivity contribution >= 4 is 0 Å². The van der Waals surface area contributed by atoms with Crippen LogP contribution in [0.4, 0.5) is 0 Å². The number of likely N-dealkylation sites (tertiary alicyclic amines) is 1. The normalized spacial score (nSPS) is 14.9. The number of hydrogen-bond acceptors (Lipinski definition) is 2. The summed E-state index contributed by atoms with van der Waals surface area (Å²) in [6.07, 6.45) is 4.46. The van der Waals surface area contributed by atoms with Crippen molar-refractivity contribution in [2.24, 2.45) is 0 Å².